The van der Waals surface area contributed by atoms with Crippen molar-refractivity contribution in [3.8, 4) is 0 Å². The number of amides is 1. The SMILES string of the molecule is CCCOC(=O)c1ccc(NC(=O)c2ccc(C)c(Cl)c2)cc1. The number of nitrogens with one attached hydrogen (secondary N) is 1. The number of carbonyl (C=O) groups excluding carboxylic acids is 2. The Morgan fingerprint density at radius 3 is 2.35 bits per heavy atom. The third-order valence-electron chi connectivity index (χ3n) is 3.25. The number of hydrogen-bond donors (Lipinski definition) is 1. The van der Waals surface area contributed by atoms with Gasteiger partial charge >= 0.3 is 5.97 Å². The second-order valence-electron chi connectivity index (χ2n) is 5.13. The summed E-state index contributed by atoms with van der Waals surface area (Å²) in [5.74, 6) is -0.622. The number of esters is 1. The lowest BCUT2D eigenvalue weighted by Gasteiger charge is -2.08. The van der Waals surface area contributed by atoms with Gasteiger partial charge in [-0.05, 0) is 55.3 Å². The zero-order chi connectivity index (χ0) is 16.8. The number of benzene rings is 2. The normalized spacial score (nSPS) is 10.2. The summed E-state index contributed by atoms with van der Waals surface area (Å²) >= 11 is 6.03. The van der Waals surface area contributed by atoms with Crippen LogP contribution in [0.15, 0.2) is 42.5 Å². The van der Waals surface area contributed by atoms with Gasteiger partial charge in [0, 0.05) is 16.3 Å². The molecule has 0 fully saturated rings. The summed E-state index contributed by atoms with van der Waals surface area (Å²) in [5.41, 5.74) is 2.44. The lowest BCUT2D eigenvalue weighted by atomic mass is 10.1. The van der Waals surface area contributed by atoms with Crippen molar-refractivity contribution in [3.05, 3.63) is 64.2 Å². The van der Waals surface area contributed by atoms with Gasteiger partial charge in [0.1, 0.15) is 0 Å². The fourth-order valence-corrected chi connectivity index (χ4v) is 2.09. The summed E-state index contributed by atoms with van der Waals surface area (Å²) in [6.07, 6.45) is 0.777. The van der Waals surface area contributed by atoms with Crippen molar-refractivity contribution in [2.24, 2.45) is 0 Å². The zero-order valence-electron chi connectivity index (χ0n) is 13.1. The van der Waals surface area contributed by atoms with Crippen molar-refractivity contribution in [1.29, 1.82) is 0 Å². The maximum Gasteiger partial charge on any atom is 0.338 e. The van der Waals surface area contributed by atoms with Crippen LogP contribution in [-0.2, 0) is 4.74 Å². The molecular weight excluding hydrogens is 314 g/mol. The predicted molar refractivity (Wildman–Crippen MR) is 91.2 cm³/mol. The summed E-state index contributed by atoms with van der Waals surface area (Å²) < 4.78 is 5.05. The van der Waals surface area contributed by atoms with Crippen molar-refractivity contribution in [3.63, 3.8) is 0 Å². The van der Waals surface area contributed by atoms with E-state index in [1.807, 2.05) is 13.8 Å². The number of rotatable bonds is 5. The van der Waals surface area contributed by atoms with Gasteiger partial charge in [-0.3, -0.25) is 4.79 Å². The van der Waals surface area contributed by atoms with Gasteiger partial charge in [0.2, 0.25) is 0 Å². The van der Waals surface area contributed by atoms with Gasteiger partial charge in [0.25, 0.3) is 5.91 Å². The average molecular weight is 332 g/mol. The lowest BCUT2D eigenvalue weighted by Crippen LogP contribution is -2.12. The van der Waals surface area contributed by atoms with Crippen LogP contribution in [0.3, 0.4) is 0 Å². The third kappa shape index (κ3) is 4.57. The molecule has 4 nitrogen and oxygen atoms in total. The maximum atomic E-state index is 12.2. The zero-order valence-corrected chi connectivity index (χ0v) is 13.8. The van der Waals surface area contributed by atoms with Crippen LogP contribution in [-0.4, -0.2) is 18.5 Å². The van der Waals surface area contributed by atoms with Crippen LogP contribution < -0.4 is 5.32 Å². The number of halogens is 1. The maximum absolute atomic E-state index is 12.2. The van der Waals surface area contributed by atoms with E-state index in [2.05, 4.69) is 5.32 Å². The van der Waals surface area contributed by atoms with E-state index in [9.17, 15) is 9.59 Å². The fourth-order valence-electron chi connectivity index (χ4n) is 1.91. The Balaban J connectivity index is 2.04. The summed E-state index contributed by atoms with van der Waals surface area (Å²) in [6, 6.07) is 11.7. The molecule has 0 aromatic heterocycles. The molecule has 0 saturated heterocycles. The van der Waals surface area contributed by atoms with Crippen LogP contribution in [0, 0.1) is 6.92 Å². The van der Waals surface area contributed by atoms with E-state index in [1.54, 1.807) is 42.5 Å². The number of anilines is 1. The first-order chi connectivity index (χ1) is 11.0. The molecule has 2 aromatic rings. The van der Waals surface area contributed by atoms with E-state index in [-0.39, 0.29) is 11.9 Å². The molecule has 0 aliphatic carbocycles. The highest BCUT2D eigenvalue weighted by Gasteiger charge is 2.10. The summed E-state index contributed by atoms with van der Waals surface area (Å²) in [6.45, 7) is 4.20. The molecule has 23 heavy (non-hydrogen) atoms. The van der Waals surface area contributed by atoms with E-state index in [1.165, 1.54) is 0 Å². The van der Waals surface area contributed by atoms with Crippen molar-refractivity contribution in [2.75, 3.05) is 11.9 Å². The van der Waals surface area contributed by atoms with Crippen molar-refractivity contribution < 1.29 is 14.3 Å². The molecule has 0 aliphatic rings. The van der Waals surface area contributed by atoms with Crippen LogP contribution >= 0.6 is 11.6 Å². The molecule has 0 radical (unpaired) electrons. The van der Waals surface area contributed by atoms with Crippen LogP contribution in [0.2, 0.25) is 5.02 Å². The van der Waals surface area contributed by atoms with Gasteiger partial charge in [0.05, 0.1) is 12.2 Å². The topological polar surface area (TPSA) is 55.4 Å². The fraction of sp³-hybridized carbons (Fsp3) is 0.222. The quantitative estimate of drug-likeness (QED) is 0.822. The van der Waals surface area contributed by atoms with E-state index >= 15 is 0 Å². The summed E-state index contributed by atoms with van der Waals surface area (Å²) in [5, 5.41) is 3.31. The second kappa shape index (κ2) is 7.79. The van der Waals surface area contributed by atoms with E-state index < -0.39 is 0 Å². The second-order valence-corrected chi connectivity index (χ2v) is 5.54. The molecule has 0 saturated carbocycles. The number of carbonyl (C=O) groups is 2. The molecule has 0 unspecified atom stereocenters. The minimum absolute atomic E-state index is 0.256. The largest absolute Gasteiger partial charge is 0.462 e. The van der Waals surface area contributed by atoms with E-state index in [4.69, 9.17) is 16.3 Å². The van der Waals surface area contributed by atoms with Crippen LogP contribution in [0.5, 0.6) is 0 Å². The molecule has 2 rings (SSSR count). The highest BCUT2D eigenvalue weighted by atomic mass is 35.5. The van der Waals surface area contributed by atoms with Crippen molar-refractivity contribution in [2.45, 2.75) is 20.3 Å². The van der Waals surface area contributed by atoms with Gasteiger partial charge in [-0.2, -0.15) is 0 Å². The molecule has 1 amide bonds. The van der Waals surface area contributed by atoms with Gasteiger partial charge in [0.15, 0.2) is 0 Å². The Kier molecular flexibility index (Phi) is 5.77. The Hall–Kier alpha value is -2.33. The molecule has 120 valence electrons. The minimum atomic E-state index is -0.366. The van der Waals surface area contributed by atoms with Gasteiger partial charge < -0.3 is 10.1 Å². The average Bonchev–Trinajstić information content (AvgIpc) is 2.55. The van der Waals surface area contributed by atoms with Crippen molar-refractivity contribution in [1.82, 2.24) is 0 Å². The molecule has 0 heterocycles. The molecule has 1 N–H and O–H groups in total. The molecule has 0 atom stereocenters. The van der Waals surface area contributed by atoms with Gasteiger partial charge in [-0.1, -0.05) is 24.6 Å². The first-order valence-corrected chi connectivity index (χ1v) is 7.73. The van der Waals surface area contributed by atoms with Crippen LogP contribution in [0.1, 0.15) is 39.6 Å². The highest BCUT2D eigenvalue weighted by Crippen LogP contribution is 2.18. The Morgan fingerprint density at radius 1 is 1.09 bits per heavy atom. The molecule has 2 aromatic carbocycles. The number of ether oxygens (including phenoxy) is 1. The van der Waals surface area contributed by atoms with E-state index in [0.717, 1.165) is 12.0 Å². The first kappa shape index (κ1) is 17.0. The van der Waals surface area contributed by atoms with Crippen LogP contribution in [0.4, 0.5) is 5.69 Å². The minimum Gasteiger partial charge on any atom is -0.462 e. The predicted octanol–water partition coefficient (Wildman–Crippen LogP) is 4.47. The van der Waals surface area contributed by atoms with Crippen molar-refractivity contribution >= 4 is 29.2 Å². The molecule has 0 bridgehead atoms. The van der Waals surface area contributed by atoms with Crippen LogP contribution in [0.25, 0.3) is 0 Å². The molecule has 0 aliphatic heterocycles. The van der Waals surface area contributed by atoms with E-state index in [0.29, 0.717) is 28.4 Å². The smallest absolute Gasteiger partial charge is 0.338 e. The standard InChI is InChI=1S/C18H18ClNO3/c1-3-10-23-18(22)13-6-8-15(9-7-13)20-17(21)14-5-4-12(2)16(19)11-14/h4-9,11H,3,10H2,1-2H3,(H,20,21). The Labute approximate surface area is 140 Å². The summed E-state index contributed by atoms with van der Waals surface area (Å²) in [7, 11) is 0. The van der Waals surface area contributed by atoms with Gasteiger partial charge in [-0.25, -0.2) is 4.79 Å². The Morgan fingerprint density at radius 2 is 1.74 bits per heavy atom. The first-order valence-electron chi connectivity index (χ1n) is 7.36. The van der Waals surface area contributed by atoms with Gasteiger partial charge in [-0.15, -0.1) is 0 Å². The monoisotopic (exact) mass is 331 g/mol. The number of aryl methyl sites for hydroxylation is 1. The molecular formula is C18H18ClNO3. The highest BCUT2D eigenvalue weighted by molar-refractivity contribution is 6.31. The third-order valence-corrected chi connectivity index (χ3v) is 3.66. The Bertz CT molecular complexity index is 711. The number of hydrogen-bond acceptors (Lipinski definition) is 3. The lowest BCUT2D eigenvalue weighted by molar-refractivity contribution is 0.0505. The molecule has 5 heteroatoms. The summed E-state index contributed by atoms with van der Waals surface area (Å²) in [4.78, 5) is 23.9. The molecule has 0 spiro atoms.